The fraction of sp³-hybridized carbons (Fsp3) is 0.333. The molecular formula is C15H18N2O2S. The Morgan fingerprint density at radius 1 is 1.00 bits per heavy atom. The summed E-state index contributed by atoms with van der Waals surface area (Å²) in [6.07, 6.45) is 5.91. The fourth-order valence-corrected chi connectivity index (χ4v) is 2.61. The fourth-order valence-electron chi connectivity index (χ4n) is 1.92. The van der Waals surface area contributed by atoms with E-state index in [4.69, 9.17) is 0 Å². The summed E-state index contributed by atoms with van der Waals surface area (Å²) < 4.78 is 0. The SMILES string of the molecule is C1CCNCC1.O=C1NC(=O)/C(=C\c2ccccc2)S1. The second-order valence-corrected chi connectivity index (χ2v) is 5.59. The Morgan fingerprint density at radius 2 is 1.70 bits per heavy atom. The van der Waals surface area contributed by atoms with Gasteiger partial charge in [0.05, 0.1) is 4.91 Å². The first-order chi connectivity index (χ1) is 9.75. The zero-order chi connectivity index (χ0) is 14.2. The topological polar surface area (TPSA) is 58.2 Å². The number of nitrogens with one attached hydrogen (secondary N) is 2. The maximum atomic E-state index is 11.2. The second kappa shape index (κ2) is 7.87. The van der Waals surface area contributed by atoms with Crippen LogP contribution in [0.2, 0.25) is 0 Å². The Morgan fingerprint density at radius 3 is 2.15 bits per heavy atom. The van der Waals surface area contributed by atoms with Crippen LogP contribution in [0.5, 0.6) is 0 Å². The molecule has 0 aliphatic carbocycles. The molecule has 2 amide bonds. The molecule has 4 nitrogen and oxygen atoms in total. The highest BCUT2D eigenvalue weighted by Gasteiger charge is 2.24. The molecule has 20 heavy (non-hydrogen) atoms. The van der Waals surface area contributed by atoms with Crippen molar-refractivity contribution in [1.29, 1.82) is 0 Å². The van der Waals surface area contributed by atoms with Crippen LogP contribution in [-0.2, 0) is 4.79 Å². The molecule has 2 N–H and O–H groups in total. The van der Waals surface area contributed by atoms with Crippen LogP contribution in [0.3, 0.4) is 0 Å². The maximum absolute atomic E-state index is 11.2. The van der Waals surface area contributed by atoms with Crippen molar-refractivity contribution < 1.29 is 9.59 Å². The van der Waals surface area contributed by atoms with Gasteiger partial charge < -0.3 is 5.32 Å². The first-order valence-corrected chi connectivity index (χ1v) is 7.58. The van der Waals surface area contributed by atoms with Gasteiger partial charge in [0.25, 0.3) is 11.1 Å². The lowest BCUT2D eigenvalue weighted by Crippen LogP contribution is -2.21. The van der Waals surface area contributed by atoms with Crippen molar-refractivity contribution in [2.45, 2.75) is 19.3 Å². The molecule has 0 unspecified atom stereocenters. The van der Waals surface area contributed by atoms with E-state index < -0.39 is 0 Å². The van der Waals surface area contributed by atoms with Crippen molar-refractivity contribution in [3.63, 3.8) is 0 Å². The normalized spacial score (nSPS) is 20.3. The van der Waals surface area contributed by atoms with Gasteiger partial charge in [-0.1, -0.05) is 36.8 Å². The Labute approximate surface area is 123 Å². The van der Waals surface area contributed by atoms with E-state index in [9.17, 15) is 9.59 Å². The molecule has 0 bridgehead atoms. The van der Waals surface area contributed by atoms with Crippen LogP contribution in [0.1, 0.15) is 24.8 Å². The van der Waals surface area contributed by atoms with Gasteiger partial charge in [0.2, 0.25) is 0 Å². The number of benzene rings is 1. The second-order valence-electron chi connectivity index (χ2n) is 4.57. The van der Waals surface area contributed by atoms with E-state index in [2.05, 4.69) is 10.6 Å². The largest absolute Gasteiger partial charge is 0.317 e. The van der Waals surface area contributed by atoms with Gasteiger partial charge in [-0.3, -0.25) is 14.9 Å². The maximum Gasteiger partial charge on any atom is 0.290 e. The van der Waals surface area contributed by atoms with Crippen molar-refractivity contribution >= 4 is 29.0 Å². The van der Waals surface area contributed by atoms with Gasteiger partial charge in [0.1, 0.15) is 0 Å². The number of piperidine rings is 1. The number of hydrogen-bond donors (Lipinski definition) is 2. The van der Waals surface area contributed by atoms with Crippen LogP contribution >= 0.6 is 11.8 Å². The average Bonchev–Trinajstić information content (AvgIpc) is 2.80. The minimum absolute atomic E-state index is 0.308. The van der Waals surface area contributed by atoms with E-state index in [1.807, 2.05) is 30.3 Å². The highest BCUT2D eigenvalue weighted by Crippen LogP contribution is 2.25. The standard InChI is InChI=1S/C10H7NO2S.C5H11N/c12-9-8(14-10(13)11-9)6-7-4-2-1-3-5-7;1-2-4-6-5-3-1/h1-6H,(H,11,12,13);6H,1-5H2/b8-6+;. The summed E-state index contributed by atoms with van der Waals surface area (Å²) in [6, 6.07) is 9.42. The third kappa shape index (κ3) is 4.83. The number of rotatable bonds is 1. The molecule has 1 aromatic rings. The lowest BCUT2D eigenvalue weighted by Gasteiger charge is -2.08. The van der Waals surface area contributed by atoms with Crippen LogP contribution in [0, 0.1) is 0 Å². The first kappa shape index (κ1) is 14.8. The number of imide groups is 1. The smallest absolute Gasteiger partial charge is 0.290 e. The van der Waals surface area contributed by atoms with Crippen molar-refractivity contribution in [2.24, 2.45) is 0 Å². The Bertz CT molecular complexity index is 484. The number of amides is 2. The monoisotopic (exact) mass is 290 g/mol. The highest BCUT2D eigenvalue weighted by atomic mass is 32.2. The van der Waals surface area contributed by atoms with Gasteiger partial charge in [0, 0.05) is 0 Å². The quantitative estimate of drug-likeness (QED) is 0.781. The summed E-state index contributed by atoms with van der Waals surface area (Å²) >= 11 is 0.930. The molecule has 2 aliphatic heterocycles. The minimum atomic E-state index is -0.316. The van der Waals surface area contributed by atoms with E-state index >= 15 is 0 Å². The van der Waals surface area contributed by atoms with Crippen LogP contribution in [0.25, 0.3) is 6.08 Å². The number of thioether (sulfide) groups is 1. The van der Waals surface area contributed by atoms with Crippen LogP contribution in [0.4, 0.5) is 4.79 Å². The van der Waals surface area contributed by atoms with Crippen molar-refractivity contribution in [3.05, 3.63) is 40.8 Å². The summed E-state index contributed by atoms with van der Waals surface area (Å²) in [5.41, 5.74) is 0.917. The lowest BCUT2D eigenvalue weighted by atomic mass is 10.2. The molecule has 3 rings (SSSR count). The zero-order valence-electron chi connectivity index (χ0n) is 11.2. The Hall–Kier alpha value is -1.59. The molecule has 0 aromatic heterocycles. The third-order valence-electron chi connectivity index (χ3n) is 2.95. The van der Waals surface area contributed by atoms with Crippen LogP contribution in [0.15, 0.2) is 35.2 Å². The molecule has 106 valence electrons. The minimum Gasteiger partial charge on any atom is -0.317 e. The number of carbonyl (C=O) groups is 2. The molecule has 2 heterocycles. The molecule has 0 atom stereocenters. The van der Waals surface area contributed by atoms with Gasteiger partial charge in [-0.2, -0.15) is 0 Å². The van der Waals surface area contributed by atoms with E-state index in [1.165, 1.54) is 32.4 Å². The van der Waals surface area contributed by atoms with Gasteiger partial charge in [-0.25, -0.2) is 0 Å². The van der Waals surface area contributed by atoms with Gasteiger partial charge in [-0.15, -0.1) is 0 Å². The van der Waals surface area contributed by atoms with E-state index in [0.29, 0.717) is 4.91 Å². The van der Waals surface area contributed by atoms with Crippen LogP contribution < -0.4 is 10.6 Å². The van der Waals surface area contributed by atoms with E-state index in [0.717, 1.165) is 17.3 Å². The van der Waals surface area contributed by atoms with Gasteiger partial charge in [-0.05, 0) is 49.3 Å². The first-order valence-electron chi connectivity index (χ1n) is 6.76. The predicted octanol–water partition coefficient (Wildman–Crippen LogP) is 2.77. The summed E-state index contributed by atoms with van der Waals surface area (Å²) in [5, 5.41) is 5.18. The Balaban J connectivity index is 0.000000205. The van der Waals surface area contributed by atoms with Crippen molar-refractivity contribution in [2.75, 3.05) is 13.1 Å². The molecule has 0 saturated carbocycles. The molecule has 1 aromatic carbocycles. The molecule has 5 heteroatoms. The summed E-state index contributed by atoms with van der Waals surface area (Å²) in [6.45, 7) is 2.50. The average molecular weight is 290 g/mol. The van der Waals surface area contributed by atoms with Crippen molar-refractivity contribution in [1.82, 2.24) is 10.6 Å². The number of hydrogen-bond acceptors (Lipinski definition) is 4. The van der Waals surface area contributed by atoms with Gasteiger partial charge in [0.15, 0.2) is 0 Å². The number of carbonyl (C=O) groups excluding carboxylic acids is 2. The molecule has 0 spiro atoms. The lowest BCUT2D eigenvalue weighted by molar-refractivity contribution is -0.115. The molecule has 2 saturated heterocycles. The van der Waals surface area contributed by atoms with E-state index in [1.54, 1.807) is 6.08 Å². The summed E-state index contributed by atoms with van der Waals surface area (Å²) in [7, 11) is 0. The Kier molecular flexibility index (Phi) is 5.83. The zero-order valence-corrected chi connectivity index (χ0v) is 12.0. The summed E-state index contributed by atoms with van der Waals surface area (Å²) in [4.78, 5) is 22.5. The van der Waals surface area contributed by atoms with E-state index in [-0.39, 0.29) is 11.1 Å². The van der Waals surface area contributed by atoms with Crippen LogP contribution in [-0.4, -0.2) is 24.2 Å². The summed E-state index contributed by atoms with van der Waals surface area (Å²) in [5.74, 6) is -0.316. The molecule has 0 radical (unpaired) electrons. The highest BCUT2D eigenvalue weighted by molar-refractivity contribution is 8.18. The van der Waals surface area contributed by atoms with Gasteiger partial charge >= 0.3 is 0 Å². The predicted molar refractivity (Wildman–Crippen MR) is 82.3 cm³/mol. The van der Waals surface area contributed by atoms with Crippen molar-refractivity contribution in [3.8, 4) is 0 Å². The molecule has 2 aliphatic rings. The third-order valence-corrected chi connectivity index (χ3v) is 3.76. The molecular weight excluding hydrogens is 272 g/mol. The molecule has 2 fully saturated rings.